The summed E-state index contributed by atoms with van der Waals surface area (Å²) < 4.78 is 10.8. The third kappa shape index (κ3) is 2.82. The minimum absolute atomic E-state index is 0.0850. The van der Waals surface area contributed by atoms with Gasteiger partial charge in [0.25, 0.3) is 5.89 Å². The van der Waals surface area contributed by atoms with E-state index in [2.05, 4.69) is 26.1 Å². The van der Waals surface area contributed by atoms with Crippen LogP contribution < -0.4 is 4.74 Å². The van der Waals surface area contributed by atoms with Gasteiger partial charge in [-0.2, -0.15) is 4.98 Å². The zero-order valence-corrected chi connectivity index (χ0v) is 10.0. The first-order valence-corrected chi connectivity index (χ1v) is 5.37. The Morgan fingerprint density at radius 3 is 3.00 bits per heavy atom. The number of carboxylic acid groups (broad SMARTS) is 1. The van der Waals surface area contributed by atoms with Crippen LogP contribution in [0.3, 0.4) is 0 Å². The van der Waals surface area contributed by atoms with Crippen molar-refractivity contribution in [2.45, 2.75) is 6.61 Å². The number of rotatable bonds is 4. The summed E-state index contributed by atoms with van der Waals surface area (Å²) in [6, 6.07) is 4.50. The third-order valence-electron chi connectivity index (χ3n) is 1.94. The summed E-state index contributed by atoms with van der Waals surface area (Å²) in [5.74, 6) is -0.291. The Balaban J connectivity index is 2.14. The number of nitrogens with zero attached hydrogens (tertiary/aromatic N) is 2. The van der Waals surface area contributed by atoms with Crippen LogP contribution in [0.2, 0.25) is 0 Å². The summed E-state index contributed by atoms with van der Waals surface area (Å²) in [5.41, 5.74) is 0.147. The molecule has 1 heterocycles. The first-order chi connectivity index (χ1) is 8.16. The summed E-state index contributed by atoms with van der Waals surface area (Å²) in [6.45, 7) is 0.0850. The van der Waals surface area contributed by atoms with Crippen molar-refractivity contribution < 1.29 is 19.2 Å². The largest absolute Gasteiger partial charge is 0.483 e. The van der Waals surface area contributed by atoms with Crippen LogP contribution in [0, 0.1) is 0 Å². The maximum atomic E-state index is 10.8. The van der Waals surface area contributed by atoms with E-state index in [1.165, 1.54) is 18.5 Å². The van der Waals surface area contributed by atoms with Gasteiger partial charge in [0, 0.05) is 0 Å². The topological polar surface area (TPSA) is 85.5 Å². The van der Waals surface area contributed by atoms with Gasteiger partial charge in [0.05, 0.1) is 10.0 Å². The first kappa shape index (κ1) is 11.6. The van der Waals surface area contributed by atoms with E-state index in [0.717, 1.165) is 0 Å². The van der Waals surface area contributed by atoms with Crippen LogP contribution in [0.5, 0.6) is 5.75 Å². The molecule has 17 heavy (non-hydrogen) atoms. The molecule has 1 aromatic heterocycles. The molecule has 0 bridgehead atoms. The number of halogens is 1. The van der Waals surface area contributed by atoms with Crippen LogP contribution in [0.1, 0.15) is 16.2 Å². The second-order valence-corrected chi connectivity index (χ2v) is 3.93. The summed E-state index contributed by atoms with van der Waals surface area (Å²) >= 11 is 3.26. The summed E-state index contributed by atoms with van der Waals surface area (Å²) in [4.78, 5) is 14.6. The lowest BCUT2D eigenvalue weighted by atomic mass is 10.2. The number of benzene rings is 1. The predicted octanol–water partition coefficient (Wildman–Crippen LogP) is 2.11. The fourth-order valence-electron chi connectivity index (χ4n) is 1.15. The Kier molecular flexibility index (Phi) is 3.38. The highest BCUT2D eigenvalue weighted by molar-refractivity contribution is 9.10. The highest BCUT2D eigenvalue weighted by Crippen LogP contribution is 2.26. The molecule has 0 fully saturated rings. The molecule has 0 unspecified atom stereocenters. The van der Waals surface area contributed by atoms with Crippen LogP contribution in [0.15, 0.2) is 33.5 Å². The quantitative estimate of drug-likeness (QED) is 0.930. The maximum Gasteiger partial charge on any atom is 0.335 e. The van der Waals surface area contributed by atoms with Gasteiger partial charge < -0.3 is 14.4 Å². The molecule has 0 amide bonds. The lowest BCUT2D eigenvalue weighted by molar-refractivity contribution is 0.0696. The molecule has 88 valence electrons. The van der Waals surface area contributed by atoms with Gasteiger partial charge in [-0.05, 0) is 34.1 Å². The van der Waals surface area contributed by atoms with Crippen molar-refractivity contribution in [1.82, 2.24) is 10.1 Å². The fourth-order valence-corrected chi connectivity index (χ4v) is 1.51. The van der Waals surface area contributed by atoms with Crippen molar-refractivity contribution in [3.05, 3.63) is 40.5 Å². The molecule has 0 aliphatic heterocycles. The van der Waals surface area contributed by atoms with E-state index >= 15 is 0 Å². The number of aromatic nitrogens is 2. The summed E-state index contributed by atoms with van der Waals surface area (Å²) in [6.07, 6.45) is 1.27. The molecular weight excluding hydrogens is 292 g/mol. The van der Waals surface area contributed by atoms with Crippen molar-refractivity contribution in [2.75, 3.05) is 0 Å². The molecule has 2 aromatic rings. The van der Waals surface area contributed by atoms with Gasteiger partial charge in [0.2, 0.25) is 0 Å². The van der Waals surface area contributed by atoms with Crippen molar-refractivity contribution in [3.63, 3.8) is 0 Å². The summed E-state index contributed by atoms with van der Waals surface area (Å²) in [7, 11) is 0. The molecule has 7 heteroatoms. The molecule has 1 N–H and O–H groups in total. The minimum Gasteiger partial charge on any atom is -0.483 e. The number of aromatic carboxylic acids is 1. The number of carbonyl (C=O) groups is 1. The van der Waals surface area contributed by atoms with E-state index in [1.54, 1.807) is 6.07 Å². The van der Waals surface area contributed by atoms with Crippen molar-refractivity contribution >= 4 is 21.9 Å². The zero-order chi connectivity index (χ0) is 12.3. The lowest BCUT2D eigenvalue weighted by Crippen LogP contribution is -2.00. The van der Waals surface area contributed by atoms with Gasteiger partial charge >= 0.3 is 5.97 Å². The standard InChI is InChI=1S/C10H7BrN2O4/c11-7-2-1-6(10(14)15)3-8(7)16-4-9-12-5-13-17-9/h1-3,5H,4H2,(H,14,15). The Morgan fingerprint density at radius 1 is 1.53 bits per heavy atom. The molecule has 0 aliphatic rings. The van der Waals surface area contributed by atoms with Gasteiger partial charge in [-0.3, -0.25) is 0 Å². The van der Waals surface area contributed by atoms with Gasteiger partial charge in [0.15, 0.2) is 12.9 Å². The smallest absolute Gasteiger partial charge is 0.335 e. The van der Waals surface area contributed by atoms with Crippen LogP contribution in [-0.4, -0.2) is 21.2 Å². The average molecular weight is 299 g/mol. The highest BCUT2D eigenvalue weighted by atomic mass is 79.9. The second-order valence-electron chi connectivity index (χ2n) is 3.07. The zero-order valence-electron chi connectivity index (χ0n) is 8.46. The fraction of sp³-hybridized carbons (Fsp3) is 0.100. The van der Waals surface area contributed by atoms with Gasteiger partial charge in [-0.1, -0.05) is 5.16 Å². The predicted molar refractivity (Wildman–Crippen MR) is 59.7 cm³/mol. The normalized spacial score (nSPS) is 10.2. The van der Waals surface area contributed by atoms with E-state index < -0.39 is 5.97 Å². The molecule has 2 rings (SSSR count). The molecule has 0 aliphatic carbocycles. The number of hydrogen-bond acceptors (Lipinski definition) is 5. The van der Waals surface area contributed by atoms with Crippen LogP contribution >= 0.6 is 15.9 Å². The van der Waals surface area contributed by atoms with Crippen LogP contribution in [-0.2, 0) is 6.61 Å². The van der Waals surface area contributed by atoms with E-state index in [-0.39, 0.29) is 12.2 Å². The Morgan fingerprint density at radius 2 is 2.35 bits per heavy atom. The van der Waals surface area contributed by atoms with Crippen molar-refractivity contribution in [3.8, 4) is 5.75 Å². The van der Waals surface area contributed by atoms with Crippen molar-refractivity contribution in [2.24, 2.45) is 0 Å². The molecule has 1 aromatic carbocycles. The monoisotopic (exact) mass is 298 g/mol. The molecule has 0 atom stereocenters. The SMILES string of the molecule is O=C(O)c1ccc(Br)c(OCc2ncno2)c1. The van der Waals surface area contributed by atoms with Crippen LogP contribution in [0.4, 0.5) is 0 Å². The van der Waals surface area contributed by atoms with Crippen molar-refractivity contribution in [1.29, 1.82) is 0 Å². The van der Waals surface area contributed by atoms with E-state index in [4.69, 9.17) is 14.4 Å². The lowest BCUT2D eigenvalue weighted by Gasteiger charge is -2.06. The minimum atomic E-state index is -1.01. The van der Waals surface area contributed by atoms with Gasteiger partial charge in [0.1, 0.15) is 5.75 Å². The van der Waals surface area contributed by atoms with Gasteiger partial charge in [-0.25, -0.2) is 4.79 Å². The number of hydrogen-bond donors (Lipinski definition) is 1. The average Bonchev–Trinajstić information content (AvgIpc) is 2.80. The molecule has 0 radical (unpaired) electrons. The second kappa shape index (κ2) is 4.96. The molecule has 0 saturated heterocycles. The Hall–Kier alpha value is -1.89. The first-order valence-electron chi connectivity index (χ1n) is 4.58. The van der Waals surface area contributed by atoms with E-state index in [0.29, 0.717) is 16.1 Å². The number of carboxylic acids is 1. The summed E-state index contributed by atoms with van der Waals surface area (Å²) in [5, 5.41) is 12.3. The molecular formula is C10H7BrN2O4. The van der Waals surface area contributed by atoms with E-state index in [9.17, 15) is 4.79 Å². The Labute approximate surface area is 104 Å². The molecule has 0 saturated carbocycles. The maximum absolute atomic E-state index is 10.8. The third-order valence-corrected chi connectivity index (χ3v) is 2.59. The Bertz CT molecular complexity index is 527. The van der Waals surface area contributed by atoms with Crippen LogP contribution in [0.25, 0.3) is 0 Å². The molecule has 6 nitrogen and oxygen atoms in total. The number of ether oxygens (including phenoxy) is 1. The van der Waals surface area contributed by atoms with Gasteiger partial charge in [-0.15, -0.1) is 0 Å². The van der Waals surface area contributed by atoms with E-state index in [1.807, 2.05) is 0 Å². The molecule has 0 spiro atoms. The highest BCUT2D eigenvalue weighted by Gasteiger charge is 2.09.